The van der Waals surface area contributed by atoms with Crippen molar-refractivity contribution in [1.29, 1.82) is 0 Å². The summed E-state index contributed by atoms with van der Waals surface area (Å²) in [5, 5.41) is 0.545. The van der Waals surface area contributed by atoms with Crippen molar-refractivity contribution >= 4 is 27.8 Å². The van der Waals surface area contributed by atoms with Gasteiger partial charge in [-0.05, 0) is 37.1 Å². The highest BCUT2D eigenvalue weighted by Crippen LogP contribution is 2.38. The van der Waals surface area contributed by atoms with Gasteiger partial charge in [-0.15, -0.1) is 0 Å². The predicted molar refractivity (Wildman–Crippen MR) is 91.6 cm³/mol. The van der Waals surface area contributed by atoms with Gasteiger partial charge >= 0.3 is 0 Å². The van der Waals surface area contributed by atoms with Crippen molar-refractivity contribution in [1.82, 2.24) is 14.5 Å². The number of pyridine rings is 2. The zero-order valence-corrected chi connectivity index (χ0v) is 13.1. The maximum atomic E-state index is 14.8. The Morgan fingerprint density at radius 2 is 2.08 bits per heavy atom. The van der Waals surface area contributed by atoms with Crippen LogP contribution in [0.1, 0.15) is 18.9 Å². The summed E-state index contributed by atoms with van der Waals surface area (Å²) in [5.41, 5.74) is 7.57. The molecule has 0 aliphatic heterocycles. The van der Waals surface area contributed by atoms with Crippen LogP contribution in [0.15, 0.2) is 46.1 Å². The SMILES string of the molecule is Nc1ccc(-c2cc3c(cc2F)c2ocnc2c(=O)n3C2CC2)cn1. The van der Waals surface area contributed by atoms with Gasteiger partial charge in [-0.3, -0.25) is 4.79 Å². The molecule has 0 bridgehead atoms. The van der Waals surface area contributed by atoms with E-state index in [2.05, 4.69) is 9.97 Å². The van der Waals surface area contributed by atoms with Crippen LogP contribution in [0, 0.1) is 5.82 Å². The lowest BCUT2D eigenvalue weighted by molar-refractivity contribution is 0.603. The van der Waals surface area contributed by atoms with Gasteiger partial charge in [0.1, 0.15) is 11.6 Å². The fraction of sp³-hybridized carbons (Fsp3) is 0.167. The molecule has 1 fully saturated rings. The molecule has 25 heavy (non-hydrogen) atoms. The van der Waals surface area contributed by atoms with Crippen molar-refractivity contribution in [3.63, 3.8) is 0 Å². The Bertz CT molecular complexity index is 1190. The van der Waals surface area contributed by atoms with E-state index in [0.717, 1.165) is 12.8 Å². The molecular weight excluding hydrogens is 323 g/mol. The molecule has 4 aromatic rings. The second kappa shape index (κ2) is 4.89. The van der Waals surface area contributed by atoms with E-state index >= 15 is 0 Å². The molecular formula is C18H13FN4O2. The highest BCUT2D eigenvalue weighted by molar-refractivity contribution is 6.02. The van der Waals surface area contributed by atoms with E-state index < -0.39 is 5.82 Å². The normalized spacial score (nSPS) is 14.4. The summed E-state index contributed by atoms with van der Waals surface area (Å²) >= 11 is 0. The number of benzene rings is 1. The zero-order valence-electron chi connectivity index (χ0n) is 13.1. The number of nitrogens with two attached hydrogens (primary N) is 1. The highest BCUT2D eigenvalue weighted by atomic mass is 19.1. The number of hydrogen-bond acceptors (Lipinski definition) is 5. The average molecular weight is 336 g/mol. The molecule has 3 aromatic heterocycles. The molecule has 3 heterocycles. The van der Waals surface area contributed by atoms with Gasteiger partial charge < -0.3 is 14.7 Å². The first-order valence-electron chi connectivity index (χ1n) is 7.96. The number of aromatic nitrogens is 3. The minimum Gasteiger partial charge on any atom is -0.443 e. The largest absolute Gasteiger partial charge is 0.443 e. The van der Waals surface area contributed by atoms with Crippen molar-refractivity contribution in [2.24, 2.45) is 0 Å². The molecule has 0 atom stereocenters. The lowest BCUT2D eigenvalue weighted by Crippen LogP contribution is -2.20. The third-order valence-electron chi connectivity index (χ3n) is 4.59. The summed E-state index contributed by atoms with van der Waals surface area (Å²) in [5.74, 6) is -0.0547. The lowest BCUT2D eigenvalue weighted by atomic mass is 10.0. The van der Waals surface area contributed by atoms with Crippen LogP contribution in [0.3, 0.4) is 0 Å². The molecule has 1 aliphatic carbocycles. The van der Waals surface area contributed by atoms with Gasteiger partial charge in [-0.1, -0.05) is 0 Å². The highest BCUT2D eigenvalue weighted by Gasteiger charge is 2.29. The molecule has 0 radical (unpaired) electrons. The third kappa shape index (κ3) is 2.05. The molecule has 5 rings (SSSR count). The van der Waals surface area contributed by atoms with Crippen LogP contribution in [-0.2, 0) is 0 Å². The summed E-state index contributed by atoms with van der Waals surface area (Å²) in [6.07, 6.45) is 4.59. The maximum Gasteiger partial charge on any atom is 0.281 e. The van der Waals surface area contributed by atoms with E-state index in [1.807, 2.05) is 0 Å². The molecule has 1 aromatic carbocycles. The van der Waals surface area contributed by atoms with Gasteiger partial charge in [-0.2, -0.15) is 0 Å². The fourth-order valence-corrected chi connectivity index (χ4v) is 3.24. The Balaban J connectivity index is 1.89. The maximum absolute atomic E-state index is 14.8. The molecule has 0 unspecified atom stereocenters. The molecule has 2 N–H and O–H groups in total. The number of rotatable bonds is 2. The van der Waals surface area contributed by atoms with Crippen molar-refractivity contribution in [3.8, 4) is 11.1 Å². The molecule has 124 valence electrons. The Morgan fingerprint density at radius 1 is 1.24 bits per heavy atom. The third-order valence-corrected chi connectivity index (χ3v) is 4.59. The van der Waals surface area contributed by atoms with E-state index in [0.29, 0.717) is 33.4 Å². The quantitative estimate of drug-likeness (QED) is 0.607. The van der Waals surface area contributed by atoms with Crippen molar-refractivity contribution in [3.05, 3.63) is 53.0 Å². The van der Waals surface area contributed by atoms with Crippen molar-refractivity contribution in [2.45, 2.75) is 18.9 Å². The van der Waals surface area contributed by atoms with Crippen LogP contribution in [0.25, 0.3) is 33.1 Å². The first kappa shape index (κ1) is 14.2. The van der Waals surface area contributed by atoms with E-state index in [9.17, 15) is 9.18 Å². The monoisotopic (exact) mass is 336 g/mol. The van der Waals surface area contributed by atoms with Crippen LogP contribution in [0.4, 0.5) is 10.2 Å². The Kier molecular flexibility index (Phi) is 2.77. The molecule has 0 spiro atoms. The Labute approximate surface area is 140 Å². The predicted octanol–water partition coefficient (Wildman–Crippen LogP) is 3.26. The number of fused-ring (bicyclic) bond motifs is 3. The van der Waals surface area contributed by atoms with Crippen molar-refractivity contribution in [2.75, 3.05) is 5.73 Å². The first-order chi connectivity index (χ1) is 12.1. The van der Waals surface area contributed by atoms with Crippen LogP contribution >= 0.6 is 0 Å². The second-order valence-electron chi connectivity index (χ2n) is 6.26. The van der Waals surface area contributed by atoms with Crippen LogP contribution < -0.4 is 11.3 Å². The minimum absolute atomic E-state index is 0.124. The standard InChI is InChI=1S/C18H13FN4O2/c19-13-5-12-14(6-11(13)9-1-4-15(20)21-7-9)23(10-2-3-10)18(24)16-17(12)25-8-22-16/h1,4-8,10H,2-3H2,(H2,20,21). The number of nitrogen functional groups attached to an aromatic ring is 1. The molecule has 6 nitrogen and oxygen atoms in total. The summed E-state index contributed by atoms with van der Waals surface area (Å²) < 4.78 is 21.8. The van der Waals surface area contributed by atoms with E-state index in [1.54, 1.807) is 22.8 Å². The molecule has 1 aliphatic rings. The molecule has 0 amide bonds. The number of halogens is 1. The summed E-state index contributed by atoms with van der Waals surface area (Å²) in [7, 11) is 0. The number of anilines is 1. The van der Waals surface area contributed by atoms with E-state index in [4.69, 9.17) is 10.2 Å². The second-order valence-corrected chi connectivity index (χ2v) is 6.26. The summed E-state index contributed by atoms with van der Waals surface area (Å²) in [6, 6.07) is 6.52. The van der Waals surface area contributed by atoms with Crippen molar-refractivity contribution < 1.29 is 8.81 Å². The van der Waals surface area contributed by atoms with Gasteiger partial charge in [-0.25, -0.2) is 14.4 Å². The van der Waals surface area contributed by atoms with E-state index in [1.165, 1.54) is 18.7 Å². The molecule has 1 saturated carbocycles. The van der Waals surface area contributed by atoms with Gasteiger partial charge in [0.15, 0.2) is 17.5 Å². The number of hydrogen-bond donors (Lipinski definition) is 1. The minimum atomic E-state index is -0.419. The topological polar surface area (TPSA) is 86.9 Å². The first-order valence-corrected chi connectivity index (χ1v) is 7.96. The number of nitrogens with zero attached hydrogens (tertiary/aromatic N) is 3. The van der Waals surface area contributed by atoms with Crippen LogP contribution in [0.2, 0.25) is 0 Å². The smallest absolute Gasteiger partial charge is 0.281 e. The van der Waals surface area contributed by atoms with Crippen LogP contribution in [-0.4, -0.2) is 14.5 Å². The van der Waals surface area contributed by atoms with Gasteiger partial charge in [0.25, 0.3) is 5.56 Å². The van der Waals surface area contributed by atoms with Crippen LogP contribution in [0.5, 0.6) is 0 Å². The summed E-state index contributed by atoms with van der Waals surface area (Å²) in [6.45, 7) is 0. The fourth-order valence-electron chi connectivity index (χ4n) is 3.24. The lowest BCUT2D eigenvalue weighted by Gasteiger charge is -2.12. The molecule has 0 saturated heterocycles. The molecule has 7 heteroatoms. The van der Waals surface area contributed by atoms with Gasteiger partial charge in [0, 0.05) is 28.8 Å². The van der Waals surface area contributed by atoms with Gasteiger partial charge in [0.05, 0.1) is 5.52 Å². The average Bonchev–Trinajstić information content (AvgIpc) is 3.31. The summed E-state index contributed by atoms with van der Waals surface area (Å²) in [4.78, 5) is 20.8. The van der Waals surface area contributed by atoms with E-state index in [-0.39, 0.29) is 17.1 Å². The Hall–Kier alpha value is -3.22. The number of oxazole rings is 1. The zero-order chi connectivity index (χ0) is 17.1. The van der Waals surface area contributed by atoms with Gasteiger partial charge in [0.2, 0.25) is 0 Å². The Morgan fingerprint density at radius 3 is 2.80 bits per heavy atom.